The molecule has 0 bridgehead atoms. The van der Waals surface area contributed by atoms with Crippen LogP contribution in [0, 0.1) is 0 Å². The zero-order valence-corrected chi connectivity index (χ0v) is 12.9. The van der Waals surface area contributed by atoms with Crippen LogP contribution in [0.4, 0.5) is 5.69 Å². The molecule has 4 nitrogen and oxygen atoms in total. The summed E-state index contributed by atoms with van der Waals surface area (Å²) in [5.74, 6) is 0.0950. The van der Waals surface area contributed by atoms with Gasteiger partial charge in [-0.3, -0.25) is 9.69 Å². The Kier molecular flexibility index (Phi) is 4.04. The van der Waals surface area contributed by atoms with Gasteiger partial charge in [-0.05, 0) is 50.5 Å². The van der Waals surface area contributed by atoms with Crippen molar-refractivity contribution >= 4 is 11.6 Å². The van der Waals surface area contributed by atoms with Gasteiger partial charge < -0.3 is 11.1 Å². The van der Waals surface area contributed by atoms with Gasteiger partial charge >= 0.3 is 0 Å². The molecule has 20 heavy (non-hydrogen) atoms. The van der Waals surface area contributed by atoms with E-state index >= 15 is 0 Å². The van der Waals surface area contributed by atoms with E-state index in [0.717, 1.165) is 25.2 Å². The SMILES string of the molecule is CCC(C)(C)NC(=O)C(C)N1Cc2ccc(N)cc2C1. The molecule has 0 aliphatic carbocycles. The van der Waals surface area contributed by atoms with E-state index in [1.807, 2.05) is 19.1 Å². The molecular weight excluding hydrogens is 250 g/mol. The topological polar surface area (TPSA) is 58.4 Å². The first-order valence-corrected chi connectivity index (χ1v) is 7.26. The number of amides is 1. The number of nitrogens with two attached hydrogens (primary N) is 1. The molecule has 0 aromatic heterocycles. The third-order valence-electron chi connectivity index (χ3n) is 4.25. The van der Waals surface area contributed by atoms with E-state index in [4.69, 9.17) is 5.73 Å². The summed E-state index contributed by atoms with van der Waals surface area (Å²) in [4.78, 5) is 14.5. The van der Waals surface area contributed by atoms with E-state index in [1.54, 1.807) is 0 Å². The van der Waals surface area contributed by atoms with Crippen LogP contribution in [-0.2, 0) is 17.9 Å². The van der Waals surface area contributed by atoms with Crippen molar-refractivity contribution in [3.05, 3.63) is 29.3 Å². The van der Waals surface area contributed by atoms with Gasteiger partial charge in [0.05, 0.1) is 6.04 Å². The standard InChI is InChI=1S/C16H25N3O/c1-5-16(3,4)18-15(20)11(2)19-9-12-6-7-14(17)8-13(12)10-19/h6-8,11H,5,9-10,17H2,1-4H3,(H,18,20). The van der Waals surface area contributed by atoms with Crippen LogP contribution in [-0.4, -0.2) is 22.4 Å². The summed E-state index contributed by atoms with van der Waals surface area (Å²) in [6, 6.07) is 5.86. The third kappa shape index (κ3) is 3.12. The Labute approximate surface area is 121 Å². The minimum Gasteiger partial charge on any atom is -0.399 e. The van der Waals surface area contributed by atoms with Crippen LogP contribution >= 0.6 is 0 Å². The number of nitrogens with one attached hydrogen (secondary N) is 1. The van der Waals surface area contributed by atoms with Gasteiger partial charge in [-0.2, -0.15) is 0 Å². The first-order valence-electron chi connectivity index (χ1n) is 7.26. The Bertz CT molecular complexity index is 510. The maximum atomic E-state index is 12.3. The van der Waals surface area contributed by atoms with Crippen molar-refractivity contribution < 1.29 is 4.79 Å². The van der Waals surface area contributed by atoms with Gasteiger partial charge in [0, 0.05) is 24.3 Å². The van der Waals surface area contributed by atoms with Crippen LogP contribution in [0.25, 0.3) is 0 Å². The van der Waals surface area contributed by atoms with Crippen molar-refractivity contribution in [1.29, 1.82) is 0 Å². The van der Waals surface area contributed by atoms with Crippen molar-refractivity contribution in [3.63, 3.8) is 0 Å². The monoisotopic (exact) mass is 275 g/mol. The largest absolute Gasteiger partial charge is 0.399 e. The summed E-state index contributed by atoms with van der Waals surface area (Å²) in [5, 5.41) is 3.12. The Morgan fingerprint density at radius 2 is 2.05 bits per heavy atom. The Hall–Kier alpha value is -1.55. The number of carbonyl (C=O) groups is 1. The summed E-state index contributed by atoms with van der Waals surface area (Å²) in [5.41, 5.74) is 8.96. The lowest BCUT2D eigenvalue weighted by molar-refractivity contribution is -0.127. The smallest absolute Gasteiger partial charge is 0.237 e. The predicted octanol–water partition coefficient (Wildman–Crippen LogP) is 2.28. The summed E-state index contributed by atoms with van der Waals surface area (Å²) in [6.45, 7) is 9.77. The van der Waals surface area contributed by atoms with E-state index in [0.29, 0.717) is 0 Å². The van der Waals surface area contributed by atoms with Crippen LogP contribution < -0.4 is 11.1 Å². The first kappa shape index (κ1) is 14.9. The lowest BCUT2D eigenvalue weighted by Crippen LogP contribution is -2.50. The summed E-state index contributed by atoms with van der Waals surface area (Å²) in [6.07, 6.45) is 0.919. The number of benzene rings is 1. The molecule has 0 fully saturated rings. The van der Waals surface area contributed by atoms with Gasteiger partial charge in [0.25, 0.3) is 0 Å². The van der Waals surface area contributed by atoms with Crippen molar-refractivity contribution in [3.8, 4) is 0 Å². The fourth-order valence-electron chi connectivity index (χ4n) is 2.41. The van der Waals surface area contributed by atoms with E-state index in [9.17, 15) is 4.79 Å². The number of nitrogens with zero attached hydrogens (tertiary/aromatic N) is 1. The zero-order chi connectivity index (χ0) is 14.9. The molecule has 0 radical (unpaired) electrons. The number of anilines is 1. The van der Waals surface area contributed by atoms with Gasteiger partial charge in [0.15, 0.2) is 0 Å². The molecule has 110 valence electrons. The van der Waals surface area contributed by atoms with Gasteiger partial charge in [0.2, 0.25) is 5.91 Å². The molecule has 1 aliphatic rings. The summed E-state index contributed by atoms with van der Waals surface area (Å²) in [7, 11) is 0. The summed E-state index contributed by atoms with van der Waals surface area (Å²) >= 11 is 0. The minimum atomic E-state index is -0.150. The molecule has 0 saturated carbocycles. The highest BCUT2D eigenvalue weighted by Gasteiger charge is 2.29. The van der Waals surface area contributed by atoms with Gasteiger partial charge in [-0.25, -0.2) is 0 Å². The summed E-state index contributed by atoms with van der Waals surface area (Å²) < 4.78 is 0. The maximum absolute atomic E-state index is 12.3. The number of rotatable bonds is 4. The second-order valence-electron chi connectivity index (χ2n) is 6.34. The van der Waals surface area contributed by atoms with Crippen molar-refractivity contribution in [2.75, 3.05) is 5.73 Å². The molecule has 4 heteroatoms. The molecule has 1 aromatic carbocycles. The lowest BCUT2D eigenvalue weighted by Gasteiger charge is -2.29. The number of nitrogen functional groups attached to an aromatic ring is 1. The lowest BCUT2D eigenvalue weighted by atomic mass is 10.0. The van der Waals surface area contributed by atoms with Crippen molar-refractivity contribution in [2.45, 2.75) is 58.8 Å². The molecule has 1 heterocycles. The Balaban J connectivity index is 2.02. The minimum absolute atomic E-state index is 0.0950. The molecule has 1 amide bonds. The molecular formula is C16H25N3O. The average molecular weight is 275 g/mol. The molecule has 1 aromatic rings. The highest BCUT2D eigenvalue weighted by atomic mass is 16.2. The van der Waals surface area contributed by atoms with E-state index in [1.165, 1.54) is 11.1 Å². The fourth-order valence-corrected chi connectivity index (χ4v) is 2.41. The van der Waals surface area contributed by atoms with Crippen LogP contribution in [0.2, 0.25) is 0 Å². The zero-order valence-electron chi connectivity index (χ0n) is 12.9. The van der Waals surface area contributed by atoms with Crippen LogP contribution in [0.3, 0.4) is 0 Å². The maximum Gasteiger partial charge on any atom is 0.237 e. The number of carbonyl (C=O) groups excluding carboxylic acids is 1. The Morgan fingerprint density at radius 1 is 1.40 bits per heavy atom. The number of fused-ring (bicyclic) bond motifs is 1. The van der Waals surface area contributed by atoms with Gasteiger partial charge in [-0.1, -0.05) is 13.0 Å². The van der Waals surface area contributed by atoms with Crippen LogP contribution in [0.5, 0.6) is 0 Å². The molecule has 1 unspecified atom stereocenters. The normalized spacial score (nSPS) is 16.8. The van der Waals surface area contributed by atoms with Crippen molar-refractivity contribution in [1.82, 2.24) is 10.2 Å². The number of hydrogen-bond acceptors (Lipinski definition) is 3. The fraction of sp³-hybridized carbons (Fsp3) is 0.562. The molecule has 3 N–H and O–H groups in total. The highest BCUT2D eigenvalue weighted by molar-refractivity contribution is 5.82. The molecule has 1 aliphatic heterocycles. The van der Waals surface area contributed by atoms with E-state index < -0.39 is 0 Å². The van der Waals surface area contributed by atoms with Gasteiger partial charge in [0.1, 0.15) is 0 Å². The number of hydrogen-bond donors (Lipinski definition) is 2. The van der Waals surface area contributed by atoms with Crippen LogP contribution in [0.15, 0.2) is 18.2 Å². The van der Waals surface area contributed by atoms with E-state index in [-0.39, 0.29) is 17.5 Å². The molecule has 2 rings (SSSR count). The quantitative estimate of drug-likeness (QED) is 0.829. The average Bonchev–Trinajstić information content (AvgIpc) is 2.80. The third-order valence-corrected chi connectivity index (χ3v) is 4.25. The molecule has 0 spiro atoms. The van der Waals surface area contributed by atoms with Crippen LogP contribution in [0.1, 0.15) is 45.2 Å². The second-order valence-corrected chi connectivity index (χ2v) is 6.34. The van der Waals surface area contributed by atoms with E-state index in [2.05, 4.69) is 37.1 Å². The Morgan fingerprint density at radius 3 is 2.70 bits per heavy atom. The predicted molar refractivity (Wildman–Crippen MR) is 82.1 cm³/mol. The van der Waals surface area contributed by atoms with Crippen molar-refractivity contribution in [2.24, 2.45) is 0 Å². The molecule has 0 saturated heterocycles. The van der Waals surface area contributed by atoms with Gasteiger partial charge in [-0.15, -0.1) is 0 Å². The highest BCUT2D eigenvalue weighted by Crippen LogP contribution is 2.26. The molecule has 1 atom stereocenters. The second kappa shape index (κ2) is 5.44. The first-order chi connectivity index (χ1) is 9.32.